The SMILES string of the molecule is C[C@H](OC(=O)OCc1ccc([N+](=O)[O-])cc1)[C@H]1C(=O)N2C(C(=O)OCc3ccc([N+](=O)[O-])cc3)=C(C(C)(C)C)O[C@H]12. The van der Waals surface area contributed by atoms with Gasteiger partial charge >= 0.3 is 12.1 Å². The normalized spacial score (nSPS) is 18.5. The van der Waals surface area contributed by atoms with Gasteiger partial charge in [-0.3, -0.25) is 29.9 Å². The Labute approximate surface area is 233 Å². The number of allylic oxidation sites excluding steroid dienone is 1. The van der Waals surface area contributed by atoms with Gasteiger partial charge in [-0.15, -0.1) is 0 Å². The van der Waals surface area contributed by atoms with E-state index in [0.717, 1.165) is 0 Å². The van der Waals surface area contributed by atoms with Crippen LogP contribution in [0.4, 0.5) is 16.2 Å². The average molecular weight is 570 g/mol. The second kappa shape index (κ2) is 11.2. The summed E-state index contributed by atoms with van der Waals surface area (Å²) in [5.74, 6) is -2.00. The van der Waals surface area contributed by atoms with Gasteiger partial charge in [0.2, 0.25) is 5.91 Å². The Morgan fingerprint density at radius 1 is 0.927 bits per heavy atom. The van der Waals surface area contributed by atoms with Crippen LogP contribution in [0.1, 0.15) is 38.8 Å². The summed E-state index contributed by atoms with van der Waals surface area (Å²) in [6.07, 6.45) is -2.92. The van der Waals surface area contributed by atoms with Gasteiger partial charge in [0, 0.05) is 29.7 Å². The maximum Gasteiger partial charge on any atom is 0.508 e. The second-order valence-electron chi connectivity index (χ2n) is 10.5. The van der Waals surface area contributed by atoms with Crippen LogP contribution in [0.5, 0.6) is 0 Å². The molecule has 4 rings (SSSR count). The molecule has 0 saturated carbocycles. The Balaban J connectivity index is 1.37. The number of carbonyl (C=O) groups is 3. The fraction of sp³-hybridized carbons (Fsp3) is 0.370. The van der Waals surface area contributed by atoms with Gasteiger partial charge in [-0.05, 0) is 42.3 Å². The highest BCUT2D eigenvalue weighted by molar-refractivity contribution is 5.99. The first-order chi connectivity index (χ1) is 19.3. The van der Waals surface area contributed by atoms with Crippen LogP contribution in [0.3, 0.4) is 0 Å². The molecular weight excluding hydrogens is 542 g/mol. The topological polar surface area (TPSA) is 178 Å². The van der Waals surface area contributed by atoms with Crippen molar-refractivity contribution in [3.63, 3.8) is 0 Å². The molecule has 0 spiro atoms. The highest BCUT2D eigenvalue weighted by Crippen LogP contribution is 2.47. The van der Waals surface area contributed by atoms with Crippen LogP contribution in [-0.2, 0) is 41.8 Å². The number of ether oxygens (including phenoxy) is 4. The Morgan fingerprint density at radius 3 is 1.88 bits per heavy atom. The summed E-state index contributed by atoms with van der Waals surface area (Å²) in [4.78, 5) is 60.2. The summed E-state index contributed by atoms with van der Waals surface area (Å²) < 4.78 is 21.8. The van der Waals surface area contributed by atoms with Gasteiger partial charge in [0.15, 0.2) is 11.9 Å². The van der Waals surface area contributed by atoms with Crippen LogP contribution in [0.2, 0.25) is 0 Å². The molecule has 1 amide bonds. The van der Waals surface area contributed by atoms with Gasteiger partial charge in [0.25, 0.3) is 11.4 Å². The summed E-state index contributed by atoms with van der Waals surface area (Å²) in [6.45, 7) is 6.51. The van der Waals surface area contributed by atoms with E-state index in [-0.39, 0.29) is 36.0 Å². The first-order valence-corrected chi connectivity index (χ1v) is 12.5. The van der Waals surface area contributed by atoms with Crippen molar-refractivity contribution in [2.75, 3.05) is 0 Å². The fourth-order valence-electron chi connectivity index (χ4n) is 4.34. The minimum absolute atomic E-state index is 0.0568. The molecule has 3 atom stereocenters. The molecule has 2 aromatic carbocycles. The molecule has 0 aromatic heterocycles. The maximum atomic E-state index is 13.1. The van der Waals surface area contributed by atoms with Crippen LogP contribution < -0.4 is 0 Å². The third-order valence-corrected chi connectivity index (χ3v) is 6.46. The van der Waals surface area contributed by atoms with Crippen LogP contribution in [-0.4, -0.2) is 45.1 Å². The van der Waals surface area contributed by atoms with Gasteiger partial charge in [-0.2, -0.15) is 0 Å². The van der Waals surface area contributed by atoms with E-state index in [1.54, 1.807) is 20.8 Å². The number of amides is 1. The number of benzene rings is 2. The molecule has 41 heavy (non-hydrogen) atoms. The van der Waals surface area contributed by atoms with Crippen molar-refractivity contribution in [1.82, 2.24) is 4.90 Å². The number of nitro benzene ring substituents is 2. The molecule has 2 heterocycles. The van der Waals surface area contributed by atoms with Gasteiger partial charge in [-0.25, -0.2) is 9.59 Å². The van der Waals surface area contributed by atoms with Crippen LogP contribution in [0.25, 0.3) is 0 Å². The predicted molar refractivity (Wildman–Crippen MR) is 138 cm³/mol. The monoisotopic (exact) mass is 569 g/mol. The number of fused-ring (bicyclic) bond motifs is 1. The molecule has 0 unspecified atom stereocenters. The molecule has 2 aliphatic rings. The Kier molecular flexibility index (Phi) is 7.94. The van der Waals surface area contributed by atoms with Crippen LogP contribution in [0, 0.1) is 31.6 Å². The highest BCUT2D eigenvalue weighted by atomic mass is 16.7. The molecular formula is C27H27N3O11. The van der Waals surface area contributed by atoms with E-state index in [2.05, 4.69) is 0 Å². The Morgan fingerprint density at radius 2 is 1.41 bits per heavy atom. The Hall–Kier alpha value is -5.01. The summed E-state index contributed by atoms with van der Waals surface area (Å²) in [7, 11) is 0. The van der Waals surface area contributed by atoms with Crippen molar-refractivity contribution in [3.05, 3.63) is 91.3 Å². The summed E-state index contributed by atoms with van der Waals surface area (Å²) in [5.41, 5.74) is 0.0673. The van der Waals surface area contributed by atoms with Crippen molar-refractivity contribution in [3.8, 4) is 0 Å². The van der Waals surface area contributed by atoms with Gasteiger partial charge in [0.05, 0.1) is 9.85 Å². The van der Waals surface area contributed by atoms with Crippen molar-refractivity contribution in [2.24, 2.45) is 11.3 Å². The predicted octanol–water partition coefficient (Wildman–Crippen LogP) is 4.36. The number of nitro groups is 2. The summed E-state index contributed by atoms with van der Waals surface area (Å²) >= 11 is 0. The number of rotatable bonds is 9. The first-order valence-electron chi connectivity index (χ1n) is 12.5. The standard InChI is InChI=1S/C27H27N3O11/c1-15(40-26(33)39-14-17-7-11-19(12-8-17)30(36)37)20-23(31)28-21(22(27(2,3)4)41-24(20)28)25(32)38-13-16-5-9-18(10-6-16)29(34)35/h5-12,15,20,24H,13-14H2,1-4H3/t15-,20-,24+/m0/s1. The molecule has 0 bridgehead atoms. The third-order valence-electron chi connectivity index (χ3n) is 6.46. The molecule has 14 heteroatoms. The van der Waals surface area contributed by atoms with E-state index in [1.165, 1.54) is 60.4 Å². The quantitative estimate of drug-likeness (QED) is 0.181. The van der Waals surface area contributed by atoms with E-state index in [9.17, 15) is 34.6 Å². The van der Waals surface area contributed by atoms with Crippen molar-refractivity contribution in [1.29, 1.82) is 0 Å². The zero-order chi connectivity index (χ0) is 30.1. The lowest BCUT2D eigenvalue weighted by atomic mass is 9.89. The second-order valence-corrected chi connectivity index (χ2v) is 10.5. The molecule has 0 aliphatic carbocycles. The van der Waals surface area contributed by atoms with E-state index < -0.39 is 51.5 Å². The molecule has 2 aliphatic heterocycles. The summed E-state index contributed by atoms with van der Waals surface area (Å²) in [5, 5.41) is 21.6. The third kappa shape index (κ3) is 6.10. The smallest absolute Gasteiger partial charge is 0.470 e. The minimum Gasteiger partial charge on any atom is -0.470 e. The highest BCUT2D eigenvalue weighted by Gasteiger charge is 2.61. The molecule has 1 saturated heterocycles. The maximum absolute atomic E-state index is 13.1. The zero-order valence-electron chi connectivity index (χ0n) is 22.6. The van der Waals surface area contributed by atoms with Crippen molar-refractivity contribution < 1.29 is 43.2 Å². The number of carbonyl (C=O) groups excluding carboxylic acids is 3. The van der Waals surface area contributed by atoms with Crippen LogP contribution in [0.15, 0.2) is 60.0 Å². The number of esters is 1. The Bertz CT molecular complexity index is 1410. The zero-order valence-corrected chi connectivity index (χ0v) is 22.6. The molecule has 216 valence electrons. The molecule has 2 aromatic rings. The number of non-ortho nitro benzene ring substituents is 2. The van der Waals surface area contributed by atoms with Gasteiger partial charge in [0.1, 0.15) is 31.0 Å². The van der Waals surface area contributed by atoms with Gasteiger partial charge < -0.3 is 18.9 Å². The first kappa shape index (κ1) is 29.0. The lowest BCUT2D eigenvalue weighted by Gasteiger charge is -2.43. The van der Waals surface area contributed by atoms with Gasteiger partial charge in [-0.1, -0.05) is 20.8 Å². The number of hydrogen-bond donors (Lipinski definition) is 0. The molecule has 1 fully saturated rings. The average Bonchev–Trinajstić information content (AvgIpc) is 3.27. The molecule has 14 nitrogen and oxygen atoms in total. The van der Waals surface area contributed by atoms with Crippen LogP contribution >= 0.6 is 0 Å². The van der Waals surface area contributed by atoms with E-state index in [4.69, 9.17) is 18.9 Å². The van der Waals surface area contributed by atoms with E-state index >= 15 is 0 Å². The lowest BCUT2D eigenvalue weighted by molar-refractivity contribution is -0.385. The largest absolute Gasteiger partial charge is 0.508 e. The summed E-state index contributed by atoms with van der Waals surface area (Å²) in [6, 6.07) is 10.9. The van der Waals surface area contributed by atoms with Crippen molar-refractivity contribution >= 4 is 29.4 Å². The number of hydrogen-bond acceptors (Lipinski definition) is 11. The molecule has 0 N–H and O–H groups in total. The lowest BCUT2D eigenvalue weighted by Crippen LogP contribution is -2.63. The van der Waals surface area contributed by atoms with Crippen molar-refractivity contribution in [2.45, 2.75) is 53.2 Å². The van der Waals surface area contributed by atoms with E-state index in [0.29, 0.717) is 11.1 Å². The minimum atomic E-state index is -1.05. The molecule has 0 radical (unpaired) electrons. The van der Waals surface area contributed by atoms with E-state index in [1.807, 2.05) is 0 Å². The fourth-order valence-corrected chi connectivity index (χ4v) is 4.34. The number of β-lactam (4-membered cyclic amide) rings is 1. The number of nitrogens with zero attached hydrogens (tertiary/aromatic N) is 3.